The van der Waals surface area contributed by atoms with Crippen LogP contribution in [-0.2, 0) is 64.7 Å². The van der Waals surface area contributed by atoms with Crippen LogP contribution in [0.15, 0.2) is 89.8 Å². The number of fused-ring (bicyclic) bond motifs is 1. The number of carboxylic acids is 1. The fourth-order valence-corrected chi connectivity index (χ4v) is 11.9. The standard InChI is InChI=1S/C22H20ClF4N5O6S.C21H17ClF4N4O7S.C9H11N4O.C8H19N.C2H7N.F6P/c1-4-38-18(35)9-31-19(36)14(7-16(33)28-2)39-20(31)29-12-6-13(11(24)5-10(12)23)32-17(34)8-15(22(25,26)27)30(3)21(32)37;1-3-37-17(34)8-29-18(35)13(6-16(32)33)38-19(29)27-11-5-12(10(23)4-9(11)22)30-15(31)7-14(21(24,25)26)28(2)20(30)36;1-12(2)7-14-13-9-6-4-3-5-8(9)10-11-13;1-6-9(7(2)3)8(4)5;1-3-2;1-7(2,3,4,5)6/h5-6,8,14H,4,7,9H2,1-3H3,(H,28,33);4-5,7,13H,3,6,8H2,1-2H3,(H,32,33);3-7H,1-2H3;7-8H,6H2,1-5H3;3H,1-2H3;/q;;+1;;;-1. The number of aromatic nitrogens is 7. The SMILES string of the molecule is CCN(C(C)C)C(C)C.CCOC(=O)CN1C(=O)C(CC(=O)NC)SC1=Nc1cc(-n2c(=O)cc(C(F)(F)F)n(C)c2=O)c(F)cc1Cl.CCOC(=O)CN1C(=O)C(CC(=O)O)SC1=Nc1cc(-n2c(=O)cc(C(F)(F)F)n(C)c2=O)c(F)cc1Cl.CNC.C[N+](C)=COn1nnc2ccccc21.F[P-](F)(F)(F)(F)F. The number of ether oxygens (including phenoxy) is 2. The minimum absolute atomic E-state index is 0.0109. The molecule has 3 aromatic carbocycles. The van der Waals surface area contributed by atoms with Gasteiger partial charge in [-0.15, -0.1) is 5.10 Å². The number of alkyl halides is 6. The molecule has 2 unspecified atom stereocenters. The van der Waals surface area contributed by atoms with Crippen LogP contribution < -0.4 is 38.0 Å². The zero-order chi connectivity index (χ0) is 84.3. The minimum atomic E-state index is -10.7. The predicted octanol–water partition coefficient (Wildman–Crippen LogP) is 9.80. The first-order chi connectivity index (χ1) is 50.6. The fraction of sp³-hybridized carbons (Fsp3) is 0.435. The van der Waals surface area contributed by atoms with Gasteiger partial charge in [0.15, 0.2) is 10.3 Å². The first kappa shape index (κ1) is 94.9. The van der Waals surface area contributed by atoms with E-state index in [1.54, 1.807) is 17.9 Å². The molecule has 0 aliphatic carbocycles. The number of nitrogens with zero attached hydrogens (tertiary/aromatic N) is 13. The molecule has 0 radical (unpaired) electrons. The Morgan fingerprint density at radius 1 is 0.673 bits per heavy atom. The molecule has 0 spiro atoms. The number of amidine groups is 2. The van der Waals surface area contributed by atoms with Gasteiger partial charge in [-0.2, -0.15) is 26.3 Å². The Kier molecular flexibility index (Phi) is 33.7. The third-order valence-corrected chi connectivity index (χ3v) is 16.7. The second-order valence-corrected chi connectivity index (χ2v) is 28.2. The van der Waals surface area contributed by atoms with Crippen molar-refractivity contribution in [2.75, 3.05) is 68.1 Å². The Balaban J connectivity index is 0.000000405. The van der Waals surface area contributed by atoms with Crippen LogP contribution in [0.2, 0.25) is 10.0 Å². The summed E-state index contributed by atoms with van der Waals surface area (Å²) in [6.07, 6.45) is -9.40. The molecule has 29 nitrogen and oxygen atoms in total. The summed E-state index contributed by atoms with van der Waals surface area (Å²) in [7, 11) is -0.290. The zero-order valence-corrected chi connectivity index (χ0v) is 64.5. The normalized spacial score (nSPS) is 15.6. The van der Waals surface area contributed by atoms with Gasteiger partial charge in [0.05, 0.1) is 52.4 Å². The summed E-state index contributed by atoms with van der Waals surface area (Å²) in [5.41, 5.74) is -9.56. The summed E-state index contributed by atoms with van der Waals surface area (Å²) in [5.74, 6) is -7.32. The predicted molar refractivity (Wildman–Crippen MR) is 383 cm³/mol. The van der Waals surface area contributed by atoms with Crippen molar-refractivity contribution >= 4 is 129 Å². The second kappa shape index (κ2) is 39.1. The average Bonchev–Trinajstić information content (AvgIpc) is 0.871. The summed E-state index contributed by atoms with van der Waals surface area (Å²) in [4.78, 5) is 142. The third-order valence-electron chi connectivity index (χ3n) is 13.8. The van der Waals surface area contributed by atoms with Gasteiger partial charge in [-0.1, -0.05) is 70.6 Å². The van der Waals surface area contributed by atoms with E-state index in [4.69, 9.17) is 42.6 Å². The molecule has 3 N–H and O–H groups in total. The topological polar surface area (TPSA) is 331 Å². The molecule has 610 valence electrons. The van der Waals surface area contributed by atoms with Crippen LogP contribution in [0.4, 0.5) is 71.7 Å². The van der Waals surface area contributed by atoms with Crippen LogP contribution in [0.3, 0.4) is 0 Å². The number of esters is 2. The molecule has 0 saturated carbocycles. The van der Waals surface area contributed by atoms with E-state index in [1.807, 2.05) is 52.5 Å². The maximum absolute atomic E-state index is 14.9. The number of aliphatic carboxylic acids is 1. The molecule has 0 bridgehead atoms. The molecule has 8 rings (SSSR count). The average molecular weight is 1690 g/mol. The Bertz CT molecular complexity index is 4690. The van der Waals surface area contributed by atoms with E-state index in [1.165, 1.54) is 18.8 Å². The summed E-state index contributed by atoms with van der Waals surface area (Å²) >= 11 is 13.6. The Labute approximate surface area is 633 Å². The van der Waals surface area contributed by atoms with Gasteiger partial charge < -0.3 is 25.2 Å². The summed E-state index contributed by atoms with van der Waals surface area (Å²) in [6.45, 7) is 14.2. The van der Waals surface area contributed by atoms with Crippen molar-refractivity contribution in [2.45, 2.75) is 96.2 Å². The molecular weight excluding hydrogens is 1610 g/mol. The third kappa shape index (κ3) is 28.5. The van der Waals surface area contributed by atoms with E-state index in [9.17, 15) is 108 Å². The molecule has 2 aliphatic heterocycles. The number of carbonyl (C=O) groups is 6. The molecule has 48 heteroatoms. The van der Waals surface area contributed by atoms with Gasteiger partial charge in [0, 0.05) is 51.8 Å². The van der Waals surface area contributed by atoms with Crippen LogP contribution >= 0.6 is 54.5 Å². The number of para-hydroxylation sites is 1. The second-order valence-electron chi connectivity index (χ2n) is 23.1. The van der Waals surface area contributed by atoms with Crippen LogP contribution in [-0.4, -0.2) is 201 Å². The maximum atomic E-state index is 14.9. The number of nitrogens with one attached hydrogen (secondary N) is 2. The van der Waals surface area contributed by atoms with Crippen molar-refractivity contribution in [3.05, 3.63) is 135 Å². The number of aliphatic imine (C=N–C) groups is 2. The Morgan fingerprint density at radius 2 is 1.05 bits per heavy atom. The van der Waals surface area contributed by atoms with Gasteiger partial charge in [-0.05, 0) is 104 Å². The van der Waals surface area contributed by atoms with Gasteiger partial charge in [-0.25, -0.2) is 42.1 Å². The number of hydrogen-bond acceptors (Lipinski definition) is 21. The van der Waals surface area contributed by atoms with Crippen molar-refractivity contribution < 1.29 is 113 Å². The van der Waals surface area contributed by atoms with E-state index in [-0.39, 0.29) is 81.8 Å². The number of amides is 3. The molecule has 6 aromatic rings. The van der Waals surface area contributed by atoms with Crippen molar-refractivity contribution in [3.63, 3.8) is 0 Å². The van der Waals surface area contributed by atoms with Crippen LogP contribution in [0.5, 0.6) is 0 Å². The molecule has 2 saturated heterocycles. The van der Waals surface area contributed by atoms with E-state index in [0.29, 0.717) is 36.0 Å². The van der Waals surface area contributed by atoms with Gasteiger partial charge in [0.1, 0.15) is 71.7 Å². The van der Waals surface area contributed by atoms with Gasteiger partial charge >= 0.3 is 81.0 Å². The zero-order valence-electron chi connectivity index (χ0n) is 60.5. The van der Waals surface area contributed by atoms with E-state index < -0.39 is 143 Å². The van der Waals surface area contributed by atoms with Crippen LogP contribution in [0.25, 0.3) is 22.4 Å². The monoisotopic (exact) mass is 1680 g/mol. The Morgan fingerprint density at radius 3 is 1.38 bits per heavy atom. The van der Waals surface area contributed by atoms with Crippen molar-refractivity contribution in [3.8, 4) is 11.4 Å². The van der Waals surface area contributed by atoms with E-state index in [2.05, 4.69) is 70.4 Å². The molecule has 3 amide bonds. The quantitative estimate of drug-likeness (QED) is 0.0169. The Hall–Kier alpha value is -9.30. The van der Waals surface area contributed by atoms with Gasteiger partial charge in [-0.3, -0.25) is 67.0 Å². The molecular formula is C62H74Cl2F14N15O14PS2. The first-order valence-electron chi connectivity index (χ1n) is 31.6. The number of benzene rings is 3. The molecule has 2 aliphatic rings. The first-order valence-corrected chi connectivity index (χ1v) is 36.2. The molecule has 2 atom stereocenters. The molecule has 3 aromatic heterocycles. The molecule has 110 heavy (non-hydrogen) atoms. The van der Waals surface area contributed by atoms with Crippen LogP contribution in [0, 0.1) is 11.6 Å². The summed E-state index contributed by atoms with van der Waals surface area (Å²) in [6, 6.07) is 12.2. The molecule has 5 heterocycles. The summed E-state index contributed by atoms with van der Waals surface area (Å²) < 4.78 is 180. The molecule has 2 fully saturated rings. The van der Waals surface area contributed by atoms with Gasteiger partial charge in [0.2, 0.25) is 17.7 Å². The number of carboxylic acid groups (broad SMARTS) is 1. The number of hydrogen-bond donors (Lipinski definition) is 3. The van der Waals surface area contributed by atoms with Crippen molar-refractivity contribution in [1.29, 1.82) is 0 Å². The number of halogens is 16. The summed E-state index contributed by atoms with van der Waals surface area (Å²) in [5, 5.41) is 18.8. The number of thioether (sulfide) groups is 2. The number of rotatable bonds is 19. The fourth-order valence-electron chi connectivity index (χ4n) is 9.24. The number of carbonyl (C=O) groups excluding carboxylic acids is 5. The van der Waals surface area contributed by atoms with Crippen molar-refractivity contribution in [2.24, 2.45) is 24.1 Å². The van der Waals surface area contributed by atoms with E-state index in [0.717, 1.165) is 65.4 Å². The van der Waals surface area contributed by atoms with E-state index >= 15 is 0 Å². The van der Waals surface area contributed by atoms with Crippen molar-refractivity contribution in [1.82, 2.24) is 58.8 Å². The van der Waals surface area contributed by atoms with Crippen LogP contribution in [0.1, 0.15) is 72.7 Å². The van der Waals surface area contributed by atoms with Gasteiger partial charge in [0.25, 0.3) is 11.1 Å².